The lowest BCUT2D eigenvalue weighted by Gasteiger charge is -2.17. The van der Waals surface area contributed by atoms with Gasteiger partial charge in [0.25, 0.3) is 11.5 Å². The van der Waals surface area contributed by atoms with E-state index in [0.29, 0.717) is 23.1 Å². The van der Waals surface area contributed by atoms with E-state index in [1.807, 2.05) is 60.7 Å². The van der Waals surface area contributed by atoms with Crippen molar-refractivity contribution < 1.29 is 4.79 Å². The molecule has 0 saturated heterocycles. The molecule has 32 heavy (non-hydrogen) atoms. The van der Waals surface area contributed by atoms with Gasteiger partial charge >= 0.3 is 5.69 Å². The zero-order valence-corrected chi connectivity index (χ0v) is 18.9. The minimum absolute atomic E-state index is 0.230. The number of hydrogen-bond acceptors (Lipinski definition) is 3. The quantitative estimate of drug-likeness (QED) is 0.406. The van der Waals surface area contributed by atoms with E-state index in [4.69, 9.17) is 0 Å². The molecule has 0 unspecified atom stereocenters. The second-order valence-corrected chi connectivity index (χ2v) is 8.21. The summed E-state index contributed by atoms with van der Waals surface area (Å²) in [6, 6.07) is 27.7. The molecule has 0 fully saturated rings. The topological polar surface area (TPSA) is 61.1 Å². The van der Waals surface area contributed by atoms with Crippen LogP contribution in [0.15, 0.2) is 105 Å². The van der Waals surface area contributed by atoms with Crippen molar-refractivity contribution in [1.29, 1.82) is 0 Å². The Balaban J connectivity index is 1.84. The normalized spacial score (nSPS) is 10.8. The van der Waals surface area contributed by atoms with Crippen LogP contribution in [0.3, 0.4) is 0 Å². The molecule has 3 aromatic carbocycles. The van der Waals surface area contributed by atoms with Gasteiger partial charge in [0.2, 0.25) is 0 Å². The maximum atomic E-state index is 13.5. The lowest BCUT2D eigenvalue weighted by Crippen LogP contribution is -2.46. The number of carbonyl (C=O) groups is 1. The van der Waals surface area contributed by atoms with Gasteiger partial charge in [-0.3, -0.25) is 14.2 Å². The maximum Gasteiger partial charge on any atom is 0.338 e. The van der Waals surface area contributed by atoms with Crippen LogP contribution in [0.25, 0.3) is 0 Å². The summed E-state index contributed by atoms with van der Waals surface area (Å²) in [5, 5.41) is 0. The number of hydrogen-bond donors (Lipinski definition) is 0. The highest BCUT2D eigenvalue weighted by Crippen LogP contribution is 2.16. The summed E-state index contributed by atoms with van der Waals surface area (Å²) in [5.41, 5.74) is 1.57. The molecular weight excluding hydrogens is 468 g/mol. The Morgan fingerprint density at radius 2 is 1.25 bits per heavy atom. The number of nitrogens with zero attached hydrogens (tertiary/aromatic N) is 2. The summed E-state index contributed by atoms with van der Waals surface area (Å²) < 4.78 is 2.46. The average Bonchev–Trinajstić information content (AvgIpc) is 2.84. The van der Waals surface area contributed by atoms with E-state index < -0.39 is 17.2 Å². The fourth-order valence-electron chi connectivity index (χ4n) is 3.63. The number of rotatable bonds is 6. The third kappa shape index (κ3) is 4.55. The summed E-state index contributed by atoms with van der Waals surface area (Å²) >= 11 is 3.40. The fourth-order valence-corrected chi connectivity index (χ4v) is 4.22. The first kappa shape index (κ1) is 21.7. The van der Waals surface area contributed by atoms with Crippen molar-refractivity contribution in [2.45, 2.75) is 19.4 Å². The zero-order chi connectivity index (χ0) is 22.5. The van der Waals surface area contributed by atoms with Crippen molar-refractivity contribution in [1.82, 2.24) is 9.13 Å². The minimum Gasteiger partial charge on any atom is -0.292 e. The van der Waals surface area contributed by atoms with Crippen molar-refractivity contribution in [2.75, 3.05) is 0 Å². The molecule has 0 aliphatic heterocycles. The molecule has 0 aliphatic carbocycles. The van der Waals surface area contributed by atoms with Crippen LogP contribution in [-0.4, -0.2) is 15.0 Å². The monoisotopic (exact) mass is 488 g/mol. The lowest BCUT2D eigenvalue weighted by atomic mass is 10.1. The SMILES string of the molecule is O=C(c1ccccc1)n1c(=O)c(Br)c(CCc2ccccc2)n(Cc2ccccc2)c1=O. The Morgan fingerprint density at radius 3 is 1.84 bits per heavy atom. The third-order valence-electron chi connectivity index (χ3n) is 5.29. The Labute approximate surface area is 193 Å². The van der Waals surface area contributed by atoms with Gasteiger partial charge in [0.05, 0.1) is 6.54 Å². The Bertz CT molecular complexity index is 1350. The summed E-state index contributed by atoms with van der Waals surface area (Å²) in [6.07, 6.45) is 1.13. The van der Waals surface area contributed by atoms with Crippen LogP contribution in [0.4, 0.5) is 0 Å². The predicted octanol–water partition coefficient (Wildman–Crippen LogP) is 4.29. The van der Waals surface area contributed by atoms with E-state index >= 15 is 0 Å². The molecule has 1 aromatic heterocycles. The molecule has 0 radical (unpaired) electrons. The zero-order valence-electron chi connectivity index (χ0n) is 17.3. The minimum atomic E-state index is -0.642. The molecule has 0 amide bonds. The second-order valence-electron chi connectivity index (χ2n) is 7.41. The number of aromatic nitrogens is 2. The van der Waals surface area contributed by atoms with Crippen LogP contribution in [-0.2, 0) is 19.4 Å². The summed E-state index contributed by atoms with van der Waals surface area (Å²) in [6.45, 7) is 0.255. The van der Waals surface area contributed by atoms with Crippen molar-refractivity contribution >= 4 is 21.8 Å². The first-order valence-electron chi connectivity index (χ1n) is 10.3. The number of benzene rings is 3. The van der Waals surface area contributed by atoms with E-state index in [9.17, 15) is 14.4 Å². The van der Waals surface area contributed by atoms with E-state index in [1.165, 1.54) is 4.57 Å². The van der Waals surface area contributed by atoms with Crippen LogP contribution in [0.5, 0.6) is 0 Å². The first-order valence-corrected chi connectivity index (χ1v) is 11.1. The fraction of sp³-hybridized carbons (Fsp3) is 0.115. The number of aryl methyl sites for hydroxylation is 1. The van der Waals surface area contributed by atoms with Crippen molar-refractivity contribution in [2.24, 2.45) is 0 Å². The van der Waals surface area contributed by atoms with Crippen molar-refractivity contribution in [3.05, 3.63) is 139 Å². The van der Waals surface area contributed by atoms with Crippen LogP contribution < -0.4 is 11.2 Å². The van der Waals surface area contributed by atoms with Gasteiger partial charge in [-0.15, -0.1) is 0 Å². The average molecular weight is 489 g/mol. The molecule has 0 N–H and O–H groups in total. The molecule has 0 bridgehead atoms. The second kappa shape index (κ2) is 9.75. The van der Waals surface area contributed by atoms with Crippen LogP contribution >= 0.6 is 15.9 Å². The van der Waals surface area contributed by atoms with Gasteiger partial charge in [-0.2, -0.15) is 4.57 Å². The molecule has 0 aliphatic rings. The predicted molar refractivity (Wildman–Crippen MR) is 128 cm³/mol. The van der Waals surface area contributed by atoms with Gasteiger partial charge in [-0.1, -0.05) is 78.9 Å². The van der Waals surface area contributed by atoms with E-state index in [2.05, 4.69) is 15.9 Å². The number of halogens is 1. The van der Waals surface area contributed by atoms with Gasteiger partial charge in [-0.05, 0) is 52.0 Å². The molecule has 5 nitrogen and oxygen atoms in total. The number of carbonyl (C=O) groups excluding carboxylic acids is 1. The molecule has 1 heterocycles. The van der Waals surface area contributed by atoms with Crippen molar-refractivity contribution in [3.63, 3.8) is 0 Å². The van der Waals surface area contributed by atoms with Gasteiger partial charge in [0, 0.05) is 11.3 Å². The van der Waals surface area contributed by atoms with Crippen LogP contribution in [0.1, 0.15) is 27.2 Å². The van der Waals surface area contributed by atoms with Gasteiger partial charge in [0.15, 0.2) is 0 Å². The van der Waals surface area contributed by atoms with Crippen LogP contribution in [0, 0.1) is 0 Å². The molecule has 4 rings (SSSR count). The van der Waals surface area contributed by atoms with Crippen LogP contribution in [0.2, 0.25) is 0 Å². The largest absolute Gasteiger partial charge is 0.338 e. The molecule has 160 valence electrons. The van der Waals surface area contributed by atoms with Crippen molar-refractivity contribution in [3.8, 4) is 0 Å². The van der Waals surface area contributed by atoms with Gasteiger partial charge in [-0.25, -0.2) is 4.79 Å². The summed E-state index contributed by atoms with van der Waals surface area (Å²) in [4.78, 5) is 39.7. The Kier molecular flexibility index (Phi) is 6.61. The first-order chi connectivity index (χ1) is 15.6. The molecule has 0 saturated carbocycles. The Morgan fingerprint density at radius 1 is 0.719 bits per heavy atom. The molecule has 6 heteroatoms. The smallest absolute Gasteiger partial charge is 0.292 e. The summed E-state index contributed by atoms with van der Waals surface area (Å²) in [7, 11) is 0. The molecule has 4 aromatic rings. The highest BCUT2D eigenvalue weighted by atomic mass is 79.9. The van der Waals surface area contributed by atoms with E-state index in [0.717, 1.165) is 11.1 Å². The van der Waals surface area contributed by atoms with Gasteiger partial charge in [0.1, 0.15) is 4.47 Å². The molecular formula is C26H21BrN2O3. The highest BCUT2D eigenvalue weighted by Gasteiger charge is 2.22. The highest BCUT2D eigenvalue weighted by molar-refractivity contribution is 9.10. The third-order valence-corrected chi connectivity index (χ3v) is 6.09. The summed E-state index contributed by atoms with van der Waals surface area (Å²) in [5.74, 6) is -0.641. The maximum absolute atomic E-state index is 13.5. The standard InChI is InChI=1S/C26H21BrN2O3/c27-23-22(17-16-19-10-4-1-5-11-19)28(18-20-12-6-2-7-13-20)26(32)29(25(23)31)24(30)21-14-8-3-9-15-21/h1-15H,16-18H2. The van der Waals surface area contributed by atoms with E-state index in [-0.39, 0.29) is 16.6 Å². The van der Waals surface area contributed by atoms with E-state index in [1.54, 1.807) is 30.3 Å². The molecule has 0 spiro atoms. The Hall–Kier alpha value is -3.51. The van der Waals surface area contributed by atoms with Gasteiger partial charge < -0.3 is 0 Å². The molecule has 0 atom stereocenters. The lowest BCUT2D eigenvalue weighted by molar-refractivity contribution is 0.0948.